The van der Waals surface area contributed by atoms with E-state index in [4.69, 9.17) is 16.6 Å². The van der Waals surface area contributed by atoms with E-state index >= 15 is 0 Å². The van der Waals surface area contributed by atoms with E-state index in [1.807, 2.05) is 72.8 Å². The molecule has 5 aromatic rings. The topological polar surface area (TPSA) is 82.3 Å². The Bertz CT molecular complexity index is 1300. The molecule has 30 heavy (non-hydrogen) atoms. The molecule has 0 N–H and O–H groups in total. The molecule has 0 saturated carbocycles. The van der Waals surface area contributed by atoms with Crippen LogP contribution in [0.3, 0.4) is 0 Å². The van der Waals surface area contributed by atoms with Crippen LogP contribution in [0, 0.1) is 0 Å². The number of para-hydroxylation sites is 1. The van der Waals surface area contributed by atoms with Gasteiger partial charge in [-0.15, -0.1) is 5.10 Å². The molecule has 0 amide bonds. The molecular formula is C22H14ClN7. The number of rotatable bonds is 4. The van der Waals surface area contributed by atoms with E-state index in [1.165, 1.54) is 0 Å². The number of tetrazole rings is 1. The SMILES string of the molecule is Clc1cccc(-c2nc(-c3ccccn3)ncc2-c2nnnn2-c2ccccc2)c1. The third-order valence-electron chi connectivity index (χ3n) is 4.49. The number of nitrogens with zero attached hydrogens (tertiary/aromatic N) is 7. The van der Waals surface area contributed by atoms with E-state index < -0.39 is 0 Å². The lowest BCUT2D eigenvalue weighted by Crippen LogP contribution is -2.03. The van der Waals surface area contributed by atoms with E-state index in [2.05, 4.69) is 25.5 Å². The Morgan fingerprint density at radius 2 is 1.70 bits per heavy atom. The van der Waals surface area contributed by atoms with Crippen LogP contribution in [0.15, 0.2) is 85.2 Å². The van der Waals surface area contributed by atoms with Gasteiger partial charge in [0.05, 0.1) is 16.9 Å². The van der Waals surface area contributed by atoms with E-state index in [9.17, 15) is 0 Å². The summed E-state index contributed by atoms with van der Waals surface area (Å²) in [6.07, 6.45) is 3.43. The van der Waals surface area contributed by atoms with Crippen molar-refractivity contribution in [2.24, 2.45) is 0 Å². The summed E-state index contributed by atoms with van der Waals surface area (Å²) < 4.78 is 1.66. The van der Waals surface area contributed by atoms with Crippen LogP contribution in [0.2, 0.25) is 5.02 Å². The first-order valence-electron chi connectivity index (χ1n) is 9.18. The maximum atomic E-state index is 6.25. The third kappa shape index (κ3) is 3.42. The standard InChI is InChI=1S/C22H14ClN7/c23-16-8-6-7-15(13-16)20-18(14-25-21(26-20)19-11-4-5-12-24-19)22-27-28-29-30(22)17-9-2-1-3-10-17/h1-14H. The summed E-state index contributed by atoms with van der Waals surface area (Å²) >= 11 is 6.25. The lowest BCUT2D eigenvalue weighted by atomic mass is 10.1. The number of hydrogen-bond acceptors (Lipinski definition) is 6. The number of benzene rings is 2. The molecule has 0 atom stereocenters. The van der Waals surface area contributed by atoms with Gasteiger partial charge in [-0.25, -0.2) is 9.97 Å². The summed E-state index contributed by atoms with van der Waals surface area (Å²) in [6, 6.07) is 22.8. The highest BCUT2D eigenvalue weighted by molar-refractivity contribution is 6.30. The number of hydrogen-bond donors (Lipinski definition) is 0. The molecule has 5 rings (SSSR count). The van der Waals surface area contributed by atoms with Crippen LogP contribution in [0.4, 0.5) is 0 Å². The van der Waals surface area contributed by atoms with Gasteiger partial charge in [-0.2, -0.15) is 4.68 Å². The minimum atomic E-state index is 0.507. The van der Waals surface area contributed by atoms with Crippen LogP contribution < -0.4 is 0 Å². The normalized spacial score (nSPS) is 10.8. The van der Waals surface area contributed by atoms with Crippen molar-refractivity contribution in [1.29, 1.82) is 0 Å². The summed E-state index contributed by atoms with van der Waals surface area (Å²) in [5.74, 6) is 1.04. The highest BCUT2D eigenvalue weighted by atomic mass is 35.5. The zero-order valence-electron chi connectivity index (χ0n) is 15.6. The van der Waals surface area contributed by atoms with E-state index in [-0.39, 0.29) is 0 Å². The zero-order valence-corrected chi connectivity index (χ0v) is 16.3. The van der Waals surface area contributed by atoms with Gasteiger partial charge in [0.15, 0.2) is 11.6 Å². The maximum Gasteiger partial charge on any atom is 0.190 e. The smallest absolute Gasteiger partial charge is 0.190 e. The van der Waals surface area contributed by atoms with E-state index in [0.29, 0.717) is 33.6 Å². The van der Waals surface area contributed by atoms with Crippen molar-refractivity contribution in [2.75, 3.05) is 0 Å². The monoisotopic (exact) mass is 411 g/mol. The Morgan fingerprint density at radius 1 is 0.833 bits per heavy atom. The molecule has 0 aliphatic heterocycles. The average Bonchev–Trinajstić information content (AvgIpc) is 3.30. The third-order valence-corrected chi connectivity index (χ3v) is 4.73. The Kier molecular flexibility index (Phi) is 4.71. The second-order valence-electron chi connectivity index (χ2n) is 6.43. The zero-order chi connectivity index (χ0) is 20.3. The van der Waals surface area contributed by atoms with Gasteiger partial charge in [0.25, 0.3) is 0 Å². The second-order valence-corrected chi connectivity index (χ2v) is 6.87. The van der Waals surface area contributed by atoms with Crippen molar-refractivity contribution in [1.82, 2.24) is 35.2 Å². The van der Waals surface area contributed by atoms with Gasteiger partial charge in [-0.1, -0.05) is 48.0 Å². The van der Waals surface area contributed by atoms with Gasteiger partial charge in [0.1, 0.15) is 5.69 Å². The van der Waals surface area contributed by atoms with Crippen LogP contribution in [0.25, 0.3) is 39.9 Å². The molecule has 7 nitrogen and oxygen atoms in total. The Labute approximate surface area is 177 Å². The molecule has 0 saturated heterocycles. The molecule has 144 valence electrons. The fourth-order valence-corrected chi connectivity index (χ4v) is 3.31. The molecule has 0 aliphatic rings. The van der Waals surface area contributed by atoms with Gasteiger partial charge >= 0.3 is 0 Å². The summed E-state index contributed by atoms with van der Waals surface area (Å²) in [4.78, 5) is 13.7. The van der Waals surface area contributed by atoms with E-state index in [1.54, 1.807) is 17.1 Å². The van der Waals surface area contributed by atoms with Crippen molar-refractivity contribution in [3.05, 3.63) is 90.2 Å². The lowest BCUT2D eigenvalue weighted by Gasteiger charge is -2.11. The lowest BCUT2D eigenvalue weighted by molar-refractivity contribution is 0.791. The van der Waals surface area contributed by atoms with Crippen LogP contribution in [-0.4, -0.2) is 35.2 Å². The van der Waals surface area contributed by atoms with Crippen molar-refractivity contribution in [2.45, 2.75) is 0 Å². The first-order chi connectivity index (χ1) is 14.8. The molecule has 0 unspecified atom stereocenters. The molecule has 0 radical (unpaired) electrons. The minimum absolute atomic E-state index is 0.507. The first-order valence-corrected chi connectivity index (χ1v) is 9.56. The Hall–Kier alpha value is -3.97. The van der Waals surface area contributed by atoms with Crippen molar-refractivity contribution in [3.63, 3.8) is 0 Å². The molecule has 0 bridgehead atoms. The first kappa shape index (κ1) is 18.1. The largest absolute Gasteiger partial charge is 0.253 e. The fourth-order valence-electron chi connectivity index (χ4n) is 3.12. The van der Waals surface area contributed by atoms with E-state index in [0.717, 1.165) is 11.3 Å². The summed E-state index contributed by atoms with van der Waals surface area (Å²) in [7, 11) is 0. The second kappa shape index (κ2) is 7.81. The molecule has 8 heteroatoms. The summed E-state index contributed by atoms with van der Waals surface area (Å²) in [6.45, 7) is 0. The summed E-state index contributed by atoms with van der Waals surface area (Å²) in [5, 5.41) is 12.9. The highest BCUT2D eigenvalue weighted by Gasteiger charge is 2.19. The molecule has 3 heterocycles. The van der Waals surface area contributed by atoms with Crippen LogP contribution >= 0.6 is 11.6 Å². The Morgan fingerprint density at radius 3 is 2.50 bits per heavy atom. The van der Waals surface area contributed by atoms with Crippen molar-refractivity contribution in [3.8, 4) is 39.9 Å². The van der Waals surface area contributed by atoms with Crippen molar-refractivity contribution < 1.29 is 0 Å². The minimum Gasteiger partial charge on any atom is -0.253 e. The van der Waals surface area contributed by atoms with Gasteiger partial charge < -0.3 is 0 Å². The number of halogens is 1. The fraction of sp³-hybridized carbons (Fsp3) is 0. The maximum absolute atomic E-state index is 6.25. The van der Waals surface area contributed by atoms with Gasteiger partial charge in [0.2, 0.25) is 0 Å². The van der Waals surface area contributed by atoms with Gasteiger partial charge in [-0.3, -0.25) is 4.98 Å². The average molecular weight is 412 g/mol. The molecule has 3 aromatic heterocycles. The van der Waals surface area contributed by atoms with Crippen molar-refractivity contribution >= 4 is 11.6 Å². The quantitative estimate of drug-likeness (QED) is 0.433. The molecule has 2 aromatic carbocycles. The van der Waals surface area contributed by atoms with Crippen LogP contribution in [0.5, 0.6) is 0 Å². The van der Waals surface area contributed by atoms with Crippen LogP contribution in [0.1, 0.15) is 0 Å². The molecular weight excluding hydrogens is 398 g/mol. The Balaban J connectivity index is 1.73. The number of pyridine rings is 1. The molecule has 0 fully saturated rings. The van der Waals surface area contributed by atoms with Crippen LogP contribution in [-0.2, 0) is 0 Å². The van der Waals surface area contributed by atoms with Gasteiger partial charge in [-0.05, 0) is 46.8 Å². The predicted octanol–water partition coefficient (Wildman–Crippen LogP) is 4.50. The van der Waals surface area contributed by atoms with Gasteiger partial charge in [0, 0.05) is 23.0 Å². The number of aromatic nitrogens is 7. The summed E-state index contributed by atoms with van der Waals surface area (Å²) in [5.41, 5.74) is 3.70. The predicted molar refractivity (Wildman–Crippen MR) is 114 cm³/mol. The molecule has 0 aliphatic carbocycles. The molecule has 0 spiro atoms. The highest BCUT2D eigenvalue weighted by Crippen LogP contribution is 2.32.